The van der Waals surface area contributed by atoms with E-state index < -0.39 is 12.1 Å². The molecule has 2 aromatic carbocycles. The lowest BCUT2D eigenvalue weighted by Crippen LogP contribution is -2.54. The molecular formula is C21H27N3O2. The summed E-state index contributed by atoms with van der Waals surface area (Å²) in [5.74, 6) is 0.0112. The van der Waals surface area contributed by atoms with Crippen molar-refractivity contribution in [1.82, 2.24) is 9.80 Å². The second-order valence-corrected chi connectivity index (χ2v) is 6.85. The highest BCUT2D eigenvalue weighted by Crippen LogP contribution is 2.15. The van der Waals surface area contributed by atoms with Crippen molar-refractivity contribution in [3.8, 4) is 0 Å². The highest BCUT2D eigenvalue weighted by atomic mass is 16.3. The lowest BCUT2D eigenvalue weighted by Gasteiger charge is -2.36. The molecule has 1 amide bonds. The molecule has 1 aliphatic rings. The molecule has 0 bridgehead atoms. The first-order valence-corrected chi connectivity index (χ1v) is 9.17. The molecule has 5 heteroatoms. The van der Waals surface area contributed by atoms with Gasteiger partial charge in [0.15, 0.2) is 0 Å². The molecule has 138 valence electrons. The van der Waals surface area contributed by atoms with Crippen molar-refractivity contribution < 1.29 is 9.90 Å². The maximum Gasteiger partial charge on any atom is 0.239 e. The van der Waals surface area contributed by atoms with E-state index in [-0.39, 0.29) is 5.91 Å². The van der Waals surface area contributed by atoms with Crippen molar-refractivity contribution >= 4 is 5.91 Å². The second kappa shape index (κ2) is 8.94. The van der Waals surface area contributed by atoms with E-state index >= 15 is 0 Å². The monoisotopic (exact) mass is 353 g/mol. The SMILES string of the molecule is NC(Cc1ccccc1)C(=O)N1CCN(CC(O)c2ccccc2)CC1. The smallest absolute Gasteiger partial charge is 0.239 e. The molecule has 1 fully saturated rings. The number of nitrogens with zero attached hydrogens (tertiary/aromatic N) is 2. The Labute approximate surface area is 155 Å². The second-order valence-electron chi connectivity index (χ2n) is 6.85. The number of piperazine rings is 1. The van der Waals surface area contributed by atoms with E-state index in [1.165, 1.54) is 0 Å². The number of carbonyl (C=O) groups is 1. The summed E-state index contributed by atoms with van der Waals surface area (Å²) in [4.78, 5) is 16.6. The average molecular weight is 353 g/mol. The van der Waals surface area contributed by atoms with Gasteiger partial charge in [0.25, 0.3) is 0 Å². The lowest BCUT2D eigenvalue weighted by molar-refractivity contribution is -0.134. The van der Waals surface area contributed by atoms with Crippen LogP contribution in [-0.4, -0.2) is 59.6 Å². The van der Waals surface area contributed by atoms with Crippen LogP contribution in [0.1, 0.15) is 17.2 Å². The first kappa shape index (κ1) is 18.6. The molecule has 1 aliphatic heterocycles. The van der Waals surface area contributed by atoms with Gasteiger partial charge >= 0.3 is 0 Å². The number of amides is 1. The number of nitrogens with two attached hydrogens (primary N) is 1. The predicted octanol–water partition coefficient (Wildman–Crippen LogP) is 1.43. The number of aliphatic hydroxyl groups is 1. The van der Waals surface area contributed by atoms with Gasteiger partial charge in [0, 0.05) is 32.7 Å². The van der Waals surface area contributed by atoms with E-state index in [2.05, 4.69) is 4.90 Å². The van der Waals surface area contributed by atoms with Crippen LogP contribution >= 0.6 is 0 Å². The van der Waals surface area contributed by atoms with Crippen LogP contribution in [-0.2, 0) is 11.2 Å². The quantitative estimate of drug-likeness (QED) is 0.824. The number of β-amino-alcohol motifs (C(OH)–C–C–N with tert-alkyl or cyclic N) is 1. The molecule has 0 radical (unpaired) electrons. The maximum atomic E-state index is 12.6. The van der Waals surface area contributed by atoms with Crippen LogP contribution in [0, 0.1) is 0 Å². The Morgan fingerprint density at radius 1 is 0.962 bits per heavy atom. The Bertz CT molecular complexity index is 685. The Kier molecular flexibility index (Phi) is 6.39. The van der Waals surface area contributed by atoms with Crippen molar-refractivity contribution in [3.05, 3.63) is 71.8 Å². The van der Waals surface area contributed by atoms with Gasteiger partial charge < -0.3 is 15.7 Å². The van der Waals surface area contributed by atoms with Crippen LogP contribution in [0.5, 0.6) is 0 Å². The van der Waals surface area contributed by atoms with Crippen molar-refractivity contribution in [2.45, 2.75) is 18.6 Å². The number of aliphatic hydroxyl groups excluding tert-OH is 1. The molecule has 2 aromatic rings. The molecule has 0 spiro atoms. The normalized spacial score (nSPS) is 17.7. The minimum absolute atomic E-state index is 0.0112. The van der Waals surface area contributed by atoms with Gasteiger partial charge in [0.05, 0.1) is 12.1 Å². The lowest BCUT2D eigenvalue weighted by atomic mass is 10.1. The molecule has 2 unspecified atom stereocenters. The molecule has 3 N–H and O–H groups in total. The molecular weight excluding hydrogens is 326 g/mol. The van der Waals surface area contributed by atoms with E-state index in [4.69, 9.17) is 5.73 Å². The fourth-order valence-electron chi connectivity index (χ4n) is 3.37. The molecule has 3 rings (SSSR count). The van der Waals surface area contributed by atoms with E-state index in [1.54, 1.807) is 0 Å². The Balaban J connectivity index is 1.46. The van der Waals surface area contributed by atoms with E-state index in [9.17, 15) is 9.90 Å². The van der Waals surface area contributed by atoms with E-state index in [0.29, 0.717) is 26.1 Å². The number of carbonyl (C=O) groups excluding carboxylic acids is 1. The van der Waals surface area contributed by atoms with Crippen molar-refractivity contribution in [2.24, 2.45) is 5.73 Å². The summed E-state index contributed by atoms with van der Waals surface area (Å²) in [6.45, 7) is 3.41. The van der Waals surface area contributed by atoms with Crippen molar-refractivity contribution in [3.63, 3.8) is 0 Å². The van der Waals surface area contributed by atoms with Crippen LogP contribution < -0.4 is 5.73 Å². The summed E-state index contributed by atoms with van der Waals surface area (Å²) in [6, 6.07) is 19.1. The minimum Gasteiger partial charge on any atom is -0.387 e. The van der Waals surface area contributed by atoms with Gasteiger partial charge in [-0.2, -0.15) is 0 Å². The van der Waals surface area contributed by atoms with Gasteiger partial charge in [-0.15, -0.1) is 0 Å². The molecule has 1 saturated heterocycles. The molecule has 0 saturated carbocycles. The van der Waals surface area contributed by atoms with Crippen molar-refractivity contribution in [2.75, 3.05) is 32.7 Å². The Morgan fingerprint density at radius 2 is 1.54 bits per heavy atom. The molecule has 1 heterocycles. The molecule has 0 aliphatic carbocycles. The number of rotatable bonds is 6. The number of hydrogen-bond acceptors (Lipinski definition) is 4. The summed E-state index contributed by atoms with van der Waals surface area (Å²) in [5, 5.41) is 10.4. The van der Waals surface area contributed by atoms with Crippen LogP contribution in [0.15, 0.2) is 60.7 Å². The standard InChI is InChI=1S/C21H27N3O2/c22-19(15-17-7-3-1-4-8-17)21(26)24-13-11-23(12-14-24)16-20(25)18-9-5-2-6-10-18/h1-10,19-20,25H,11-16,22H2. The minimum atomic E-state index is -0.501. The third-order valence-corrected chi connectivity index (χ3v) is 4.92. The summed E-state index contributed by atoms with van der Waals surface area (Å²) in [5.41, 5.74) is 8.13. The highest BCUT2D eigenvalue weighted by molar-refractivity contribution is 5.82. The van der Waals surface area contributed by atoms with Gasteiger partial charge in [0.1, 0.15) is 0 Å². The number of benzene rings is 2. The fraction of sp³-hybridized carbons (Fsp3) is 0.381. The summed E-state index contributed by atoms with van der Waals surface area (Å²) in [6.07, 6.45) is 0.0610. The summed E-state index contributed by atoms with van der Waals surface area (Å²) in [7, 11) is 0. The van der Waals surface area contributed by atoms with Crippen LogP contribution in [0.25, 0.3) is 0 Å². The molecule has 26 heavy (non-hydrogen) atoms. The van der Waals surface area contributed by atoms with E-state index in [1.807, 2.05) is 65.6 Å². The van der Waals surface area contributed by atoms with Gasteiger partial charge in [-0.1, -0.05) is 60.7 Å². The highest BCUT2D eigenvalue weighted by Gasteiger charge is 2.26. The van der Waals surface area contributed by atoms with Gasteiger partial charge in [-0.3, -0.25) is 9.69 Å². The topological polar surface area (TPSA) is 69.8 Å². The summed E-state index contributed by atoms with van der Waals surface area (Å²) >= 11 is 0. The first-order chi connectivity index (χ1) is 12.6. The third-order valence-electron chi connectivity index (χ3n) is 4.92. The zero-order valence-corrected chi connectivity index (χ0v) is 15.0. The molecule has 5 nitrogen and oxygen atoms in total. The first-order valence-electron chi connectivity index (χ1n) is 9.17. The average Bonchev–Trinajstić information content (AvgIpc) is 2.69. The molecule has 2 atom stereocenters. The predicted molar refractivity (Wildman–Crippen MR) is 103 cm³/mol. The van der Waals surface area contributed by atoms with Gasteiger partial charge in [0.2, 0.25) is 5.91 Å². The van der Waals surface area contributed by atoms with Crippen LogP contribution in [0.2, 0.25) is 0 Å². The molecule has 0 aromatic heterocycles. The maximum absolute atomic E-state index is 12.6. The van der Waals surface area contributed by atoms with E-state index in [0.717, 1.165) is 24.2 Å². The van der Waals surface area contributed by atoms with Crippen LogP contribution in [0.3, 0.4) is 0 Å². The van der Waals surface area contributed by atoms with Gasteiger partial charge in [-0.05, 0) is 17.5 Å². The third kappa shape index (κ3) is 4.91. The summed E-state index contributed by atoms with van der Waals surface area (Å²) < 4.78 is 0. The Morgan fingerprint density at radius 3 is 2.15 bits per heavy atom. The Hall–Kier alpha value is -2.21. The van der Waals surface area contributed by atoms with Gasteiger partial charge in [-0.25, -0.2) is 0 Å². The largest absolute Gasteiger partial charge is 0.387 e. The fourth-order valence-corrected chi connectivity index (χ4v) is 3.37. The van der Waals surface area contributed by atoms with Crippen LogP contribution in [0.4, 0.5) is 0 Å². The zero-order chi connectivity index (χ0) is 18.4. The number of hydrogen-bond donors (Lipinski definition) is 2. The van der Waals surface area contributed by atoms with Crippen molar-refractivity contribution in [1.29, 1.82) is 0 Å². The zero-order valence-electron chi connectivity index (χ0n) is 15.0.